The Morgan fingerprint density at radius 3 is 2.29 bits per heavy atom. The van der Waals surface area contributed by atoms with Crippen LogP contribution < -0.4 is 5.73 Å². The third kappa shape index (κ3) is 2.75. The van der Waals surface area contributed by atoms with Gasteiger partial charge in [0.25, 0.3) is 0 Å². The molecule has 17 heavy (non-hydrogen) atoms. The molecule has 0 fully saturated rings. The van der Waals surface area contributed by atoms with Crippen molar-refractivity contribution in [3.8, 4) is 11.1 Å². The number of aryl methyl sites for hydroxylation is 1. The Labute approximate surface area is 103 Å². The smallest absolute Gasteiger partial charge is 0.0266 e. The van der Waals surface area contributed by atoms with E-state index in [1.54, 1.807) is 0 Å². The molecule has 0 bridgehead atoms. The SMILES string of the molecule is CCc1cccc(-c2ccc(C(C)N)cc2)c1. The highest BCUT2D eigenvalue weighted by molar-refractivity contribution is 5.64. The van der Waals surface area contributed by atoms with Crippen LogP contribution in [0.25, 0.3) is 11.1 Å². The molecular formula is C16H19N. The molecule has 0 aliphatic carbocycles. The van der Waals surface area contributed by atoms with Crippen LogP contribution in [0.4, 0.5) is 0 Å². The van der Waals surface area contributed by atoms with Crippen molar-refractivity contribution >= 4 is 0 Å². The van der Waals surface area contributed by atoms with E-state index in [9.17, 15) is 0 Å². The van der Waals surface area contributed by atoms with E-state index in [0.29, 0.717) is 0 Å². The van der Waals surface area contributed by atoms with Gasteiger partial charge in [0.2, 0.25) is 0 Å². The Morgan fingerprint density at radius 2 is 1.71 bits per heavy atom. The van der Waals surface area contributed by atoms with Gasteiger partial charge in [0, 0.05) is 6.04 Å². The fourth-order valence-corrected chi connectivity index (χ4v) is 1.95. The first-order valence-electron chi connectivity index (χ1n) is 6.15. The van der Waals surface area contributed by atoms with Crippen LogP contribution in [0.2, 0.25) is 0 Å². The average molecular weight is 225 g/mol. The van der Waals surface area contributed by atoms with Crippen LogP contribution in [-0.4, -0.2) is 0 Å². The molecular weight excluding hydrogens is 206 g/mol. The number of benzene rings is 2. The van der Waals surface area contributed by atoms with Gasteiger partial charge in [0.15, 0.2) is 0 Å². The largest absolute Gasteiger partial charge is 0.324 e. The third-order valence-electron chi connectivity index (χ3n) is 3.11. The molecule has 1 heteroatoms. The van der Waals surface area contributed by atoms with Gasteiger partial charge >= 0.3 is 0 Å². The van der Waals surface area contributed by atoms with E-state index < -0.39 is 0 Å². The quantitative estimate of drug-likeness (QED) is 0.841. The molecule has 0 aromatic heterocycles. The van der Waals surface area contributed by atoms with Crippen LogP contribution in [0.3, 0.4) is 0 Å². The zero-order valence-corrected chi connectivity index (χ0v) is 10.5. The second-order valence-electron chi connectivity index (χ2n) is 4.46. The predicted molar refractivity (Wildman–Crippen MR) is 73.9 cm³/mol. The number of rotatable bonds is 3. The molecule has 0 saturated heterocycles. The van der Waals surface area contributed by atoms with Gasteiger partial charge < -0.3 is 5.73 Å². The normalized spacial score (nSPS) is 12.4. The summed E-state index contributed by atoms with van der Waals surface area (Å²) in [5.74, 6) is 0. The summed E-state index contributed by atoms with van der Waals surface area (Å²) in [6.07, 6.45) is 1.08. The molecule has 2 aromatic carbocycles. The molecule has 0 saturated carbocycles. The van der Waals surface area contributed by atoms with Crippen molar-refractivity contribution in [2.24, 2.45) is 5.73 Å². The topological polar surface area (TPSA) is 26.0 Å². The molecule has 0 aliphatic rings. The number of hydrogen-bond acceptors (Lipinski definition) is 1. The van der Waals surface area contributed by atoms with Crippen molar-refractivity contribution in [2.75, 3.05) is 0 Å². The first kappa shape index (κ1) is 11.9. The van der Waals surface area contributed by atoms with Gasteiger partial charge in [0.1, 0.15) is 0 Å². The summed E-state index contributed by atoms with van der Waals surface area (Å²) in [5.41, 5.74) is 10.9. The van der Waals surface area contributed by atoms with Gasteiger partial charge in [0.05, 0.1) is 0 Å². The molecule has 1 atom stereocenters. The minimum Gasteiger partial charge on any atom is -0.324 e. The maximum Gasteiger partial charge on any atom is 0.0266 e. The van der Waals surface area contributed by atoms with Crippen molar-refractivity contribution < 1.29 is 0 Å². The van der Waals surface area contributed by atoms with Gasteiger partial charge in [-0.1, -0.05) is 55.5 Å². The van der Waals surface area contributed by atoms with E-state index in [2.05, 4.69) is 55.5 Å². The lowest BCUT2D eigenvalue weighted by molar-refractivity contribution is 0.818. The molecule has 1 unspecified atom stereocenters. The Morgan fingerprint density at radius 1 is 1.00 bits per heavy atom. The molecule has 2 N–H and O–H groups in total. The van der Waals surface area contributed by atoms with E-state index in [1.807, 2.05) is 6.92 Å². The predicted octanol–water partition coefficient (Wildman–Crippen LogP) is 3.94. The van der Waals surface area contributed by atoms with E-state index in [1.165, 1.54) is 22.3 Å². The lowest BCUT2D eigenvalue weighted by Gasteiger charge is -2.08. The molecule has 2 rings (SSSR count). The Hall–Kier alpha value is -1.60. The Balaban J connectivity index is 2.32. The van der Waals surface area contributed by atoms with Crippen LogP contribution >= 0.6 is 0 Å². The van der Waals surface area contributed by atoms with Crippen LogP contribution in [-0.2, 0) is 6.42 Å². The first-order valence-corrected chi connectivity index (χ1v) is 6.15. The molecule has 88 valence electrons. The first-order chi connectivity index (χ1) is 8.20. The van der Waals surface area contributed by atoms with Crippen LogP contribution in [0.1, 0.15) is 31.0 Å². The molecule has 1 nitrogen and oxygen atoms in total. The van der Waals surface area contributed by atoms with Crippen molar-refractivity contribution in [2.45, 2.75) is 26.3 Å². The summed E-state index contributed by atoms with van der Waals surface area (Å²) < 4.78 is 0. The standard InChI is InChI=1S/C16H19N/c1-3-13-5-4-6-16(11-13)15-9-7-14(8-10-15)12(2)17/h4-12H,3,17H2,1-2H3. The molecule has 0 aliphatic heterocycles. The van der Waals surface area contributed by atoms with Crippen LogP contribution in [0, 0.1) is 0 Å². The maximum atomic E-state index is 5.85. The average Bonchev–Trinajstić information content (AvgIpc) is 2.39. The Bertz CT molecular complexity index is 483. The van der Waals surface area contributed by atoms with Gasteiger partial charge in [-0.15, -0.1) is 0 Å². The van der Waals surface area contributed by atoms with Gasteiger partial charge in [-0.25, -0.2) is 0 Å². The lowest BCUT2D eigenvalue weighted by Crippen LogP contribution is -2.04. The van der Waals surface area contributed by atoms with Crippen molar-refractivity contribution in [3.05, 3.63) is 59.7 Å². The van der Waals surface area contributed by atoms with Crippen molar-refractivity contribution in [1.82, 2.24) is 0 Å². The van der Waals surface area contributed by atoms with Gasteiger partial charge in [-0.3, -0.25) is 0 Å². The zero-order chi connectivity index (χ0) is 12.3. The summed E-state index contributed by atoms with van der Waals surface area (Å²) in [4.78, 5) is 0. The van der Waals surface area contributed by atoms with Crippen molar-refractivity contribution in [1.29, 1.82) is 0 Å². The number of hydrogen-bond donors (Lipinski definition) is 1. The fourth-order valence-electron chi connectivity index (χ4n) is 1.95. The van der Waals surface area contributed by atoms with Gasteiger partial charge in [-0.05, 0) is 35.6 Å². The van der Waals surface area contributed by atoms with Crippen LogP contribution in [0.15, 0.2) is 48.5 Å². The molecule has 2 aromatic rings. The summed E-state index contributed by atoms with van der Waals surface area (Å²) in [6, 6.07) is 17.3. The van der Waals surface area contributed by atoms with E-state index in [-0.39, 0.29) is 6.04 Å². The summed E-state index contributed by atoms with van der Waals surface area (Å²) in [7, 11) is 0. The highest BCUT2D eigenvalue weighted by atomic mass is 14.6. The van der Waals surface area contributed by atoms with E-state index in [4.69, 9.17) is 5.73 Å². The molecule has 0 spiro atoms. The molecule has 0 heterocycles. The van der Waals surface area contributed by atoms with E-state index >= 15 is 0 Å². The maximum absolute atomic E-state index is 5.85. The minimum atomic E-state index is 0.103. The monoisotopic (exact) mass is 225 g/mol. The second-order valence-corrected chi connectivity index (χ2v) is 4.46. The van der Waals surface area contributed by atoms with Gasteiger partial charge in [-0.2, -0.15) is 0 Å². The third-order valence-corrected chi connectivity index (χ3v) is 3.11. The summed E-state index contributed by atoms with van der Waals surface area (Å²) in [5, 5.41) is 0. The van der Waals surface area contributed by atoms with Crippen LogP contribution in [0.5, 0.6) is 0 Å². The fraction of sp³-hybridized carbons (Fsp3) is 0.250. The van der Waals surface area contributed by atoms with Crippen molar-refractivity contribution in [3.63, 3.8) is 0 Å². The minimum absolute atomic E-state index is 0.103. The Kier molecular flexibility index (Phi) is 3.60. The second kappa shape index (κ2) is 5.15. The summed E-state index contributed by atoms with van der Waals surface area (Å²) in [6.45, 7) is 4.19. The lowest BCUT2D eigenvalue weighted by atomic mass is 9.99. The number of nitrogens with two attached hydrogens (primary N) is 1. The molecule has 0 amide bonds. The van der Waals surface area contributed by atoms with E-state index in [0.717, 1.165) is 6.42 Å². The highest BCUT2D eigenvalue weighted by Crippen LogP contribution is 2.22. The zero-order valence-electron chi connectivity index (χ0n) is 10.5. The summed E-state index contributed by atoms with van der Waals surface area (Å²) >= 11 is 0. The molecule has 0 radical (unpaired) electrons. The highest BCUT2D eigenvalue weighted by Gasteiger charge is 2.01.